The molecule has 0 aliphatic heterocycles. The van der Waals surface area contributed by atoms with Gasteiger partial charge in [-0.2, -0.15) is 0 Å². The Kier molecular flexibility index (Phi) is 4.29. The maximum absolute atomic E-state index is 10.7. The van der Waals surface area contributed by atoms with Crippen molar-refractivity contribution in [2.75, 3.05) is 0 Å². The maximum Gasteiger partial charge on any atom is 0.346 e. The second-order valence-corrected chi connectivity index (χ2v) is 4.23. The molecule has 0 spiro atoms. The molecule has 0 aromatic carbocycles. The molecule has 0 fully saturated rings. The fraction of sp³-hybridized carbons (Fsp3) is 0.500. The van der Waals surface area contributed by atoms with Crippen LogP contribution < -0.4 is 5.32 Å². The summed E-state index contributed by atoms with van der Waals surface area (Å²) in [6, 6.07) is -1.03. The number of hydrogen-bond acceptors (Lipinski definition) is 3. The molecule has 0 aliphatic rings. The molecule has 0 bridgehead atoms. The van der Waals surface area contributed by atoms with Gasteiger partial charge >= 0.3 is 13.6 Å². The van der Waals surface area contributed by atoms with Crippen molar-refractivity contribution in [3.8, 4) is 0 Å². The van der Waals surface area contributed by atoms with Crippen LogP contribution >= 0.6 is 7.60 Å². The number of aliphatic carboxylic acids is 1. The second kappa shape index (κ2) is 4.53. The van der Waals surface area contributed by atoms with Crippen LogP contribution in [0.2, 0.25) is 0 Å². The van der Waals surface area contributed by atoms with E-state index in [-0.39, 0.29) is 0 Å². The van der Waals surface area contributed by atoms with Crippen molar-refractivity contribution in [2.24, 2.45) is 0 Å². The van der Waals surface area contributed by atoms with Gasteiger partial charge in [0, 0.05) is 0 Å². The third-order valence-electron chi connectivity index (χ3n) is 1.38. The predicted octanol–water partition coefficient (Wildman–Crippen LogP) is -0.261. The lowest BCUT2D eigenvalue weighted by Gasteiger charge is -2.18. The predicted molar refractivity (Wildman–Crippen MR) is 46.3 cm³/mol. The molecule has 1 unspecified atom stereocenters. The van der Waals surface area contributed by atoms with Gasteiger partial charge in [0.15, 0.2) is 0 Å². The Labute approximate surface area is 75.4 Å². The van der Waals surface area contributed by atoms with Crippen molar-refractivity contribution in [3.63, 3.8) is 0 Å². The van der Waals surface area contributed by atoms with Gasteiger partial charge in [-0.3, -0.25) is 14.7 Å². The average molecular weight is 209 g/mol. The first kappa shape index (κ1) is 12.3. The van der Waals surface area contributed by atoms with Crippen LogP contribution in [0.25, 0.3) is 0 Å². The van der Waals surface area contributed by atoms with Crippen molar-refractivity contribution >= 4 is 13.6 Å². The highest BCUT2D eigenvalue weighted by Crippen LogP contribution is 2.40. The Morgan fingerprint density at radius 1 is 1.62 bits per heavy atom. The Morgan fingerprint density at radius 3 is 2.31 bits per heavy atom. The van der Waals surface area contributed by atoms with Crippen LogP contribution in [0.4, 0.5) is 0 Å². The third-order valence-corrected chi connectivity index (χ3v) is 2.46. The third kappa shape index (κ3) is 4.19. The lowest BCUT2D eigenvalue weighted by Crippen LogP contribution is -2.40. The molecule has 7 heteroatoms. The van der Waals surface area contributed by atoms with E-state index in [9.17, 15) is 9.36 Å². The van der Waals surface area contributed by atoms with Crippen LogP contribution in [0, 0.1) is 0 Å². The molecular weight excluding hydrogens is 197 g/mol. The van der Waals surface area contributed by atoms with Gasteiger partial charge in [0.25, 0.3) is 0 Å². The highest BCUT2D eigenvalue weighted by atomic mass is 31.2. The van der Waals surface area contributed by atoms with Crippen LogP contribution in [0.1, 0.15) is 6.92 Å². The Hall–Kier alpha value is -0.680. The number of hydrogen-bond donors (Lipinski definition) is 4. The van der Waals surface area contributed by atoms with Crippen LogP contribution in [-0.4, -0.2) is 32.7 Å². The lowest BCUT2D eigenvalue weighted by atomic mass is 10.3. The van der Waals surface area contributed by atoms with E-state index in [2.05, 4.69) is 11.9 Å². The molecule has 0 aromatic heterocycles. The monoisotopic (exact) mass is 209 g/mol. The number of carbonyl (C=O) groups is 1. The number of rotatable bonds is 5. The van der Waals surface area contributed by atoms with Crippen molar-refractivity contribution in [3.05, 3.63) is 12.7 Å². The summed E-state index contributed by atoms with van der Waals surface area (Å²) in [6.45, 7) is 4.48. The molecule has 13 heavy (non-hydrogen) atoms. The van der Waals surface area contributed by atoms with E-state index in [1.165, 1.54) is 6.92 Å². The molecule has 4 N–H and O–H groups in total. The maximum atomic E-state index is 10.7. The van der Waals surface area contributed by atoms with E-state index >= 15 is 0 Å². The minimum atomic E-state index is -4.36. The van der Waals surface area contributed by atoms with Gasteiger partial charge < -0.3 is 14.9 Å². The summed E-state index contributed by atoms with van der Waals surface area (Å²) >= 11 is 0. The summed E-state index contributed by atoms with van der Waals surface area (Å²) in [5.74, 6) is -2.50. The van der Waals surface area contributed by atoms with Crippen LogP contribution in [0.5, 0.6) is 0 Å². The normalized spacial score (nSPS) is 16.2. The average Bonchev–Trinajstić information content (AvgIpc) is 1.96. The van der Waals surface area contributed by atoms with Gasteiger partial charge in [-0.05, 0) is 6.92 Å². The number of nitrogens with one attached hydrogen (secondary N) is 1. The Bertz CT molecular complexity index is 247. The smallest absolute Gasteiger partial charge is 0.346 e. The molecule has 0 saturated heterocycles. The summed E-state index contributed by atoms with van der Waals surface area (Å²) in [6.07, 6.45) is 0.986. The fourth-order valence-electron chi connectivity index (χ4n) is 0.630. The van der Waals surface area contributed by atoms with Crippen molar-refractivity contribution in [1.82, 2.24) is 5.32 Å². The van der Waals surface area contributed by atoms with E-state index in [4.69, 9.17) is 14.9 Å². The zero-order chi connectivity index (χ0) is 10.6. The first-order valence-corrected chi connectivity index (χ1v) is 5.14. The molecule has 0 saturated carbocycles. The van der Waals surface area contributed by atoms with Gasteiger partial charge in [-0.25, -0.2) is 0 Å². The van der Waals surface area contributed by atoms with Crippen molar-refractivity contribution in [1.29, 1.82) is 0 Å². The SMILES string of the molecule is C=CC(N[C@@H](C)C(=O)O)P(=O)(O)O. The fourth-order valence-corrected chi connectivity index (χ4v) is 1.32. The highest BCUT2D eigenvalue weighted by molar-refractivity contribution is 7.52. The molecule has 0 radical (unpaired) electrons. The van der Waals surface area contributed by atoms with E-state index < -0.39 is 25.4 Å². The van der Waals surface area contributed by atoms with E-state index in [1.807, 2.05) is 0 Å². The summed E-state index contributed by atoms with van der Waals surface area (Å²) in [5.41, 5.74) is 0. The number of carboxylic acids is 1. The summed E-state index contributed by atoms with van der Waals surface area (Å²) in [7, 11) is -4.36. The number of carboxylic acid groups (broad SMARTS) is 1. The molecule has 0 heterocycles. The molecule has 2 atom stereocenters. The highest BCUT2D eigenvalue weighted by Gasteiger charge is 2.28. The van der Waals surface area contributed by atoms with Gasteiger partial charge in [0.05, 0.1) is 0 Å². The molecule has 76 valence electrons. The Morgan fingerprint density at radius 2 is 2.08 bits per heavy atom. The molecule has 0 rings (SSSR count). The molecule has 0 aromatic rings. The van der Waals surface area contributed by atoms with Crippen LogP contribution in [0.15, 0.2) is 12.7 Å². The topological polar surface area (TPSA) is 107 Å². The molecule has 0 amide bonds. The van der Waals surface area contributed by atoms with Gasteiger partial charge in [-0.1, -0.05) is 6.08 Å². The zero-order valence-corrected chi connectivity index (χ0v) is 7.94. The minimum absolute atomic E-state index is 0.986. The van der Waals surface area contributed by atoms with Crippen molar-refractivity contribution < 1.29 is 24.3 Å². The van der Waals surface area contributed by atoms with E-state index in [0.29, 0.717) is 0 Å². The van der Waals surface area contributed by atoms with Crippen LogP contribution in [-0.2, 0) is 9.36 Å². The minimum Gasteiger partial charge on any atom is -0.480 e. The van der Waals surface area contributed by atoms with Gasteiger partial charge in [0.1, 0.15) is 11.8 Å². The second-order valence-electron chi connectivity index (χ2n) is 2.50. The first-order chi connectivity index (χ1) is 5.79. The zero-order valence-electron chi connectivity index (χ0n) is 7.04. The standard InChI is InChI=1S/C6H12NO5P/c1-3-5(13(10,11)12)7-4(2)6(8)9/h3-5,7H,1H2,2H3,(H,8,9)(H2,10,11,12)/t4-,5?/m0/s1. The Balaban J connectivity index is 4.39. The molecular formula is C6H12NO5P. The summed E-state index contributed by atoms with van der Waals surface area (Å²) in [4.78, 5) is 27.7. The van der Waals surface area contributed by atoms with E-state index in [1.54, 1.807) is 0 Å². The van der Waals surface area contributed by atoms with Gasteiger partial charge in [0.2, 0.25) is 0 Å². The quantitative estimate of drug-likeness (QED) is 0.367. The molecule has 6 nitrogen and oxygen atoms in total. The summed E-state index contributed by atoms with van der Waals surface area (Å²) in [5, 5.41) is 10.7. The molecule has 0 aliphatic carbocycles. The lowest BCUT2D eigenvalue weighted by molar-refractivity contribution is -0.139. The van der Waals surface area contributed by atoms with Crippen molar-refractivity contribution in [2.45, 2.75) is 18.7 Å². The van der Waals surface area contributed by atoms with Crippen LogP contribution in [0.3, 0.4) is 0 Å². The largest absolute Gasteiger partial charge is 0.480 e. The first-order valence-electron chi connectivity index (χ1n) is 3.45. The van der Waals surface area contributed by atoms with E-state index in [0.717, 1.165) is 6.08 Å². The van der Waals surface area contributed by atoms with Gasteiger partial charge in [-0.15, -0.1) is 6.58 Å². The summed E-state index contributed by atoms with van der Waals surface area (Å²) < 4.78 is 10.7.